The van der Waals surface area contributed by atoms with E-state index in [0.717, 1.165) is 6.07 Å². The number of sulfone groups is 1. The number of rotatable bonds is 4. The number of hydrogen-bond donors (Lipinski definition) is 1. The summed E-state index contributed by atoms with van der Waals surface area (Å²) in [7, 11) is -3.79. The predicted octanol–water partition coefficient (Wildman–Crippen LogP) is 1.47. The van der Waals surface area contributed by atoms with Crippen molar-refractivity contribution in [1.29, 1.82) is 0 Å². The van der Waals surface area contributed by atoms with Gasteiger partial charge in [0.25, 0.3) is 0 Å². The number of hydrogen-bond acceptors (Lipinski definition) is 5. The van der Waals surface area contributed by atoms with Gasteiger partial charge in [-0.1, -0.05) is 13.8 Å². The van der Waals surface area contributed by atoms with Crippen molar-refractivity contribution in [3.63, 3.8) is 0 Å². The molecule has 0 bridgehead atoms. The Hall–Kier alpha value is -1.30. The van der Waals surface area contributed by atoms with Crippen molar-refractivity contribution in [1.82, 2.24) is 0 Å². The van der Waals surface area contributed by atoms with E-state index in [1.807, 2.05) is 13.8 Å². The topological polar surface area (TPSA) is 84.6 Å². The van der Waals surface area contributed by atoms with Crippen molar-refractivity contribution in [3.05, 3.63) is 22.2 Å². The molecule has 0 saturated heterocycles. The molecule has 0 atom stereocenters. The molecular formula is C11H16O5S. The second-order valence-electron chi connectivity index (χ2n) is 4.36. The highest BCUT2D eigenvalue weighted by Gasteiger charge is 2.24. The summed E-state index contributed by atoms with van der Waals surface area (Å²) in [4.78, 5) is 10.8. The van der Waals surface area contributed by atoms with Crippen LogP contribution in [0.1, 0.15) is 26.0 Å². The molecule has 1 aromatic rings. The monoisotopic (exact) mass is 260 g/mol. The zero-order valence-corrected chi connectivity index (χ0v) is 10.9. The fourth-order valence-corrected chi connectivity index (χ4v) is 3.02. The third-order valence-electron chi connectivity index (χ3n) is 2.29. The van der Waals surface area contributed by atoms with Gasteiger partial charge in [-0.05, 0) is 19.3 Å². The first-order valence-corrected chi connectivity index (χ1v) is 6.95. The molecular weight excluding hydrogens is 244 g/mol. The number of aryl methyl sites for hydroxylation is 1. The van der Waals surface area contributed by atoms with Gasteiger partial charge >= 0.3 is 5.63 Å². The highest BCUT2D eigenvalue weighted by atomic mass is 32.2. The van der Waals surface area contributed by atoms with Gasteiger partial charge in [0.2, 0.25) is 0 Å². The molecule has 6 heteroatoms. The van der Waals surface area contributed by atoms with Crippen LogP contribution in [0.3, 0.4) is 0 Å². The summed E-state index contributed by atoms with van der Waals surface area (Å²) >= 11 is 0. The van der Waals surface area contributed by atoms with E-state index in [0.29, 0.717) is 6.42 Å². The van der Waals surface area contributed by atoms with Crippen molar-refractivity contribution in [2.45, 2.75) is 32.1 Å². The Morgan fingerprint density at radius 1 is 1.41 bits per heavy atom. The van der Waals surface area contributed by atoms with E-state index < -0.39 is 26.1 Å². The second-order valence-corrected chi connectivity index (χ2v) is 6.41. The van der Waals surface area contributed by atoms with Gasteiger partial charge in [-0.25, -0.2) is 13.2 Å². The van der Waals surface area contributed by atoms with Crippen LogP contribution in [-0.2, 0) is 9.84 Å². The summed E-state index contributed by atoms with van der Waals surface area (Å²) in [5.41, 5.74) is -1.01. The summed E-state index contributed by atoms with van der Waals surface area (Å²) in [5.74, 6) is -0.339. The molecule has 5 nitrogen and oxygen atoms in total. The van der Waals surface area contributed by atoms with E-state index >= 15 is 0 Å². The summed E-state index contributed by atoms with van der Waals surface area (Å²) in [6.45, 7) is 5.23. The molecule has 0 amide bonds. The second kappa shape index (κ2) is 4.91. The lowest BCUT2D eigenvalue weighted by atomic mass is 10.2. The van der Waals surface area contributed by atoms with Crippen molar-refractivity contribution in [2.24, 2.45) is 5.92 Å². The fourth-order valence-electron chi connectivity index (χ4n) is 1.36. The van der Waals surface area contributed by atoms with Crippen LogP contribution in [0.5, 0.6) is 5.75 Å². The van der Waals surface area contributed by atoms with Gasteiger partial charge in [-0.3, -0.25) is 0 Å². The van der Waals surface area contributed by atoms with Gasteiger partial charge in [0.15, 0.2) is 14.7 Å². The summed E-state index contributed by atoms with van der Waals surface area (Å²) < 4.78 is 28.4. The van der Waals surface area contributed by atoms with Crippen LogP contribution in [0.25, 0.3) is 0 Å². The van der Waals surface area contributed by atoms with Crippen LogP contribution < -0.4 is 5.63 Å². The van der Waals surface area contributed by atoms with Crippen molar-refractivity contribution < 1.29 is 17.9 Å². The average Bonchev–Trinajstić information content (AvgIpc) is 2.12. The molecule has 1 aromatic heterocycles. The van der Waals surface area contributed by atoms with E-state index in [9.17, 15) is 18.3 Å². The Kier molecular flexibility index (Phi) is 3.98. The molecule has 0 radical (unpaired) electrons. The standard InChI is InChI=1S/C11H16O5S/c1-7(2)4-5-17(14,15)10-9(12)6-8(3)16-11(10)13/h6-7,12H,4-5H2,1-3H3. The molecule has 1 N–H and O–H groups in total. The van der Waals surface area contributed by atoms with Crippen LogP contribution >= 0.6 is 0 Å². The smallest absolute Gasteiger partial charge is 0.358 e. The molecule has 0 aliphatic heterocycles. The van der Waals surface area contributed by atoms with E-state index in [-0.39, 0.29) is 17.4 Å². The van der Waals surface area contributed by atoms with Gasteiger partial charge in [0, 0.05) is 6.07 Å². The summed E-state index contributed by atoms with van der Waals surface area (Å²) in [6, 6.07) is 1.13. The Labute approximate surface area is 100 Å². The molecule has 0 spiro atoms. The third-order valence-corrected chi connectivity index (χ3v) is 4.06. The third kappa shape index (κ3) is 3.33. The molecule has 0 fully saturated rings. The highest BCUT2D eigenvalue weighted by Crippen LogP contribution is 2.21. The molecule has 0 aliphatic rings. The molecule has 17 heavy (non-hydrogen) atoms. The molecule has 96 valence electrons. The normalized spacial score (nSPS) is 12.0. The van der Waals surface area contributed by atoms with E-state index in [2.05, 4.69) is 4.42 Å². The van der Waals surface area contributed by atoms with E-state index in [1.165, 1.54) is 6.92 Å². The van der Waals surface area contributed by atoms with Crippen molar-refractivity contribution in [2.75, 3.05) is 5.75 Å². The minimum Gasteiger partial charge on any atom is -0.506 e. The largest absolute Gasteiger partial charge is 0.506 e. The average molecular weight is 260 g/mol. The van der Waals surface area contributed by atoms with Gasteiger partial charge in [0.1, 0.15) is 11.5 Å². The highest BCUT2D eigenvalue weighted by molar-refractivity contribution is 7.91. The SMILES string of the molecule is Cc1cc(O)c(S(=O)(=O)CCC(C)C)c(=O)o1. The van der Waals surface area contributed by atoms with E-state index in [1.54, 1.807) is 0 Å². The van der Waals surface area contributed by atoms with Gasteiger partial charge in [0.05, 0.1) is 5.75 Å². The zero-order chi connectivity index (χ0) is 13.2. The lowest BCUT2D eigenvalue weighted by Gasteiger charge is -2.07. The minimum atomic E-state index is -3.79. The molecule has 1 heterocycles. The van der Waals surface area contributed by atoms with Crippen molar-refractivity contribution in [3.8, 4) is 5.75 Å². The Morgan fingerprint density at radius 3 is 2.47 bits per heavy atom. The first kappa shape index (κ1) is 13.8. The van der Waals surface area contributed by atoms with E-state index in [4.69, 9.17) is 0 Å². The van der Waals surface area contributed by atoms with Crippen LogP contribution in [0.15, 0.2) is 20.2 Å². The Balaban J connectivity index is 3.21. The van der Waals surface area contributed by atoms with Gasteiger partial charge < -0.3 is 9.52 Å². The maximum Gasteiger partial charge on any atom is 0.358 e. The maximum atomic E-state index is 11.9. The van der Waals surface area contributed by atoms with Crippen LogP contribution in [0, 0.1) is 12.8 Å². The first-order chi connectivity index (χ1) is 7.74. The van der Waals surface area contributed by atoms with Crippen LogP contribution in [0.2, 0.25) is 0 Å². The van der Waals surface area contributed by atoms with Gasteiger partial charge in [-0.2, -0.15) is 0 Å². The maximum absolute atomic E-state index is 11.9. The molecule has 1 rings (SSSR count). The Bertz CT molecular complexity index is 554. The quantitative estimate of drug-likeness (QED) is 0.886. The predicted molar refractivity (Wildman–Crippen MR) is 62.9 cm³/mol. The lowest BCUT2D eigenvalue weighted by molar-refractivity contribution is 0.407. The fraction of sp³-hybridized carbons (Fsp3) is 0.545. The summed E-state index contributed by atoms with van der Waals surface area (Å²) in [6.07, 6.45) is 0.426. The molecule has 0 aromatic carbocycles. The minimum absolute atomic E-state index is 0.175. The number of aromatic hydroxyl groups is 1. The summed E-state index contributed by atoms with van der Waals surface area (Å²) in [5, 5.41) is 9.53. The lowest BCUT2D eigenvalue weighted by Crippen LogP contribution is -2.18. The molecule has 0 aliphatic carbocycles. The molecule has 0 saturated carbocycles. The van der Waals surface area contributed by atoms with Crippen molar-refractivity contribution >= 4 is 9.84 Å². The first-order valence-electron chi connectivity index (χ1n) is 5.30. The Morgan fingerprint density at radius 2 is 2.00 bits per heavy atom. The van der Waals surface area contributed by atoms with Crippen LogP contribution in [-0.4, -0.2) is 19.3 Å². The van der Waals surface area contributed by atoms with Crippen LogP contribution in [0.4, 0.5) is 0 Å². The zero-order valence-electron chi connectivity index (χ0n) is 10.1. The molecule has 0 unspecified atom stereocenters. The van der Waals surface area contributed by atoms with Gasteiger partial charge in [-0.15, -0.1) is 0 Å².